The van der Waals surface area contributed by atoms with Crippen LogP contribution in [0.25, 0.3) is 45.2 Å². The molecule has 5 aromatic heterocycles. The molecule has 156 valence electrons. The van der Waals surface area contributed by atoms with Gasteiger partial charge in [-0.05, 0) is 74.2 Å². The molecule has 0 saturated heterocycles. The molecule has 0 amide bonds. The van der Waals surface area contributed by atoms with E-state index in [1.807, 2.05) is 64.1 Å². The van der Waals surface area contributed by atoms with Crippen molar-refractivity contribution in [1.29, 1.82) is 0 Å². The molecule has 0 aliphatic rings. The van der Waals surface area contributed by atoms with E-state index in [9.17, 15) is 0 Å². The van der Waals surface area contributed by atoms with Crippen molar-refractivity contribution in [3.63, 3.8) is 0 Å². The Kier molecular flexibility index (Phi) is 5.50. The maximum absolute atomic E-state index is 4.62. The first-order valence-electron chi connectivity index (χ1n) is 9.57. The summed E-state index contributed by atoms with van der Waals surface area (Å²) in [5.41, 5.74) is 8.29. The number of fused-ring (bicyclic) bond motifs is 8. The molecule has 8 nitrogen and oxygen atoms in total. The molecule has 0 unspecified atom stereocenters. The normalized spacial score (nSPS) is 11.0. The Morgan fingerprint density at radius 2 is 0.710 bits per heavy atom. The number of aromatic nitrogens is 8. The summed E-state index contributed by atoms with van der Waals surface area (Å²) in [5, 5.41) is 0. The Bertz CT molecular complexity index is 1330. The van der Waals surface area contributed by atoms with Gasteiger partial charge in [0.2, 0.25) is 0 Å². The largest absolute Gasteiger partial charge is 2.00 e. The van der Waals surface area contributed by atoms with Crippen molar-refractivity contribution < 1.29 is 21.1 Å². The first-order chi connectivity index (χ1) is 14.5. The average Bonchev–Trinajstić information content (AvgIpc) is 3.13. The van der Waals surface area contributed by atoms with Crippen LogP contribution in [0.5, 0.6) is 0 Å². The fourth-order valence-corrected chi connectivity index (χ4v) is 3.15. The zero-order chi connectivity index (χ0) is 20.8. The van der Waals surface area contributed by atoms with Crippen LogP contribution in [0.2, 0.25) is 0 Å². The van der Waals surface area contributed by atoms with Crippen molar-refractivity contribution in [1.82, 2.24) is 39.9 Å². The molecule has 0 atom stereocenters. The molecule has 5 aromatic rings. The molecule has 31 heavy (non-hydrogen) atoms. The van der Waals surface area contributed by atoms with Gasteiger partial charge < -0.3 is 29.9 Å². The molecule has 0 spiro atoms. The fraction of sp³-hybridized carbons (Fsp3) is 0.182. The summed E-state index contributed by atoms with van der Waals surface area (Å²) in [6.45, 7) is 7.90. The summed E-state index contributed by atoms with van der Waals surface area (Å²) in [5.74, 6) is 0. The van der Waals surface area contributed by atoms with Crippen LogP contribution >= 0.6 is 0 Å². The van der Waals surface area contributed by atoms with Crippen molar-refractivity contribution in [3.05, 3.63) is 58.7 Å². The van der Waals surface area contributed by atoms with Gasteiger partial charge in [0.15, 0.2) is 0 Å². The standard InChI is InChI=1S/C22H18N8.Pt/c1-11-12(2)20-26-16-8-6-10-18(24-16)28-22-14(4)13(3)21(30-22)27-17-9-5-7-15(23-17)25-19(11)29-20;/h5-10H,1-4H3;/q-2;+2. The van der Waals surface area contributed by atoms with Crippen molar-refractivity contribution in [2.24, 2.45) is 0 Å². The third-order valence-electron chi connectivity index (χ3n) is 5.21. The third kappa shape index (κ3) is 3.91. The Morgan fingerprint density at radius 3 is 0.968 bits per heavy atom. The van der Waals surface area contributed by atoms with Gasteiger partial charge in [0, 0.05) is 22.6 Å². The number of pyridine rings is 2. The fourth-order valence-electron chi connectivity index (χ4n) is 3.15. The summed E-state index contributed by atoms with van der Waals surface area (Å²) in [7, 11) is 0. The van der Waals surface area contributed by atoms with Crippen LogP contribution in [0.3, 0.4) is 0 Å². The number of hydrogen-bond acceptors (Lipinski definition) is 6. The van der Waals surface area contributed by atoms with E-state index in [-0.39, 0.29) is 21.1 Å². The number of hydrogen-bond donors (Lipinski definition) is 0. The molecule has 0 radical (unpaired) electrons. The molecule has 0 aliphatic carbocycles. The van der Waals surface area contributed by atoms with Crippen molar-refractivity contribution in [2.45, 2.75) is 27.7 Å². The van der Waals surface area contributed by atoms with Gasteiger partial charge in [-0.15, -0.1) is 0 Å². The minimum absolute atomic E-state index is 0. The summed E-state index contributed by atoms with van der Waals surface area (Å²) < 4.78 is 0. The number of aryl methyl sites for hydroxylation is 4. The molecule has 0 fully saturated rings. The third-order valence-corrected chi connectivity index (χ3v) is 5.21. The van der Waals surface area contributed by atoms with Crippen molar-refractivity contribution >= 4 is 45.2 Å². The first-order valence-corrected chi connectivity index (χ1v) is 9.57. The van der Waals surface area contributed by atoms with Gasteiger partial charge in [-0.2, -0.15) is 0 Å². The monoisotopic (exact) mass is 589 g/mol. The summed E-state index contributed by atoms with van der Waals surface area (Å²) in [6.07, 6.45) is 0. The maximum Gasteiger partial charge on any atom is 2.00 e. The smallest absolute Gasteiger partial charge is 0.358 e. The SMILES string of the molecule is Cc1c(C)c2nc3cccc(n3)nc3[n-]c(nc4cccc(n4)nc1[n-]2)c(C)c3C.[Pt+2]. The minimum atomic E-state index is 0. The second-order valence-corrected chi connectivity index (χ2v) is 7.17. The van der Waals surface area contributed by atoms with Crippen LogP contribution < -0.4 is 9.97 Å². The topological polar surface area (TPSA) is 106 Å². The van der Waals surface area contributed by atoms with Gasteiger partial charge in [0.05, 0.1) is 22.6 Å². The minimum Gasteiger partial charge on any atom is -0.358 e. The summed E-state index contributed by atoms with van der Waals surface area (Å²) in [4.78, 5) is 36.8. The molecule has 8 bridgehead atoms. The molecule has 0 saturated carbocycles. The van der Waals surface area contributed by atoms with Crippen LogP contribution in [0.15, 0.2) is 36.4 Å². The van der Waals surface area contributed by atoms with Crippen LogP contribution in [0, 0.1) is 27.7 Å². The van der Waals surface area contributed by atoms with Crippen LogP contribution in [-0.2, 0) is 21.1 Å². The molecular formula is C22H18N8Pt. The van der Waals surface area contributed by atoms with Crippen LogP contribution in [0.1, 0.15) is 22.3 Å². The second-order valence-electron chi connectivity index (χ2n) is 7.17. The van der Waals surface area contributed by atoms with E-state index in [0.717, 1.165) is 22.3 Å². The molecular weight excluding hydrogens is 571 g/mol. The van der Waals surface area contributed by atoms with Gasteiger partial charge in [0.1, 0.15) is 0 Å². The van der Waals surface area contributed by atoms with Gasteiger partial charge in [-0.1, -0.05) is 12.1 Å². The van der Waals surface area contributed by atoms with Gasteiger partial charge in [0.25, 0.3) is 0 Å². The molecule has 0 aromatic carbocycles. The molecule has 0 N–H and O–H groups in total. The average molecular weight is 590 g/mol. The zero-order valence-electron chi connectivity index (χ0n) is 17.4. The van der Waals surface area contributed by atoms with Gasteiger partial charge in [-0.3, -0.25) is 0 Å². The molecule has 5 heterocycles. The summed E-state index contributed by atoms with van der Waals surface area (Å²) in [6, 6.07) is 11.0. The zero-order valence-corrected chi connectivity index (χ0v) is 19.6. The Morgan fingerprint density at radius 1 is 0.452 bits per heavy atom. The van der Waals surface area contributed by atoms with Crippen molar-refractivity contribution in [3.8, 4) is 0 Å². The van der Waals surface area contributed by atoms with E-state index in [4.69, 9.17) is 0 Å². The predicted molar refractivity (Wildman–Crippen MR) is 115 cm³/mol. The van der Waals surface area contributed by atoms with Gasteiger partial charge in [-0.25, -0.2) is 9.97 Å². The maximum atomic E-state index is 4.62. The quantitative estimate of drug-likeness (QED) is 0.270. The van der Waals surface area contributed by atoms with Crippen molar-refractivity contribution in [2.75, 3.05) is 0 Å². The molecule has 5 rings (SSSR count). The van der Waals surface area contributed by atoms with E-state index in [2.05, 4.69) is 39.9 Å². The molecule has 9 heteroatoms. The Hall–Kier alpha value is -3.25. The molecule has 0 aliphatic heterocycles. The van der Waals surface area contributed by atoms with Crippen LogP contribution in [-0.4, -0.2) is 29.9 Å². The second kappa shape index (κ2) is 8.11. The van der Waals surface area contributed by atoms with Gasteiger partial charge >= 0.3 is 21.1 Å². The van der Waals surface area contributed by atoms with E-state index < -0.39 is 0 Å². The first kappa shape index (κ1) is 21.0. The van der Waals surface area contributed by atoms with E-state index in [1.165, 1.54) is 0 Å². The number of nitrogens with zero attached hydrogens (tertiary/aromatic N) is 8. The number of rotatable bonds is 0. The Balaban J connectivity index is 0.00000231. The van der Waals surface area contributed by atoms with E-state index in [0.29, 0.717) is 45.2 Å². The predicted octanol–water partition coefficient (Wildman–Crippen LogP) is 3.50. The van der Waals surface area contributed by atoms with E-state index in [1.54, 1.807) is 0 Å². The van der Waals surface area contributed by atoms with E-state index >= 15 is 0 Å². The van der Waals surface area contributed by atoms with Crippen LogP contribution in [0.4, 0.5) is 0 Å². The summed E-state index contributed by atoms with van der Waals surface area (Å²) >= 11 is 0. The Labute approximate surface area is 192 Å².